The van der Waals surface area contributed by atoms with E-state index in [2.05, 4.69) is 31.2 Å². The quantitative estimate of drug-likeness (QED) is 0.153. The van der Waals surface area contributed by atoms with Crippen LogP contribution in [0.4, 0.5) is 4.79 Å². The van der Waals surface area contributed by atoms with Crippen molar-refractivity contribution in [3.8, 4) is 0 Å². The van der Waals surface area contributed by atoms with Gasteiger partial charge in [-0.3, -0.25) is 19.7 Å². The first kappa shape index (κ1) is 29.9. The molecule has 1 aromatic heterocycles. The van der Waals surface area contributed by atoms with Crippen LogP contribution in [-0.2, 0) is 17.9 Å². The van der Waals surface area contributed by atoms with Gasteiger partial charge in [0.2, 0.25) is 5.91 Å². The highest BCUT2D eigenvalue weighted by Gasteiger charge is 2.23. The van der Waals surface area contributed by atoms with Gasteiger partial charge in [-0.25, -0.2) is 9.78 Å². The van der Waals surface area contributed by atoms with Crippen molar-refractivity contribution >= 4 is 34.5 Å². The van der Waals surface area contributed by atoms with Gasteiger partial charge >= 0.3 is 6.03 Å². The zero-order chi connectivity index (χ0) is 30.1. The molecule has 218 valence electrons. The third-order valence-electron chi connectivity index (χ3n) is 6.85. The van der Waals surface area contributed by atoms with Crippen LogP contribution in [0.25, 0.3) is 10.8 Å². The Hall–Kier alpha value is -5.03. The maximum atomic E-state index is 13.3. The molecular weight excluding hydrogens is 534 g/mol. The number of hydrogen-bond acceptors (Lipinski definition) is 6. The lowest BCUT2D eigenvalue weighted by molar-refractivity contribution is -0.123. The van der Waals surface area contributed by atoms with Crippen LogP contribution in [0.5, 0.6) is 0 Å². The Bertz CT molecular complexity index is 1550. The summed E-state index contributed by atoms with van der Waals surface area (Å²) in [7, 11) is 0. The van der Waals surface area contributed by atoms with Gasteiger partial charge < -0.3 is 26.7 Å². The topological polar surface area (TPSA) is 171 Å². The third-order valence-corrected chi connectivity index (χ3v) is 6.85. The fraction of sp³-hybridized carbons (Fsp3) is 0.258. The molecule has 0 aliphatic rings. The molecule has 5 amide bonds. The second-order valence-corrected chi connectivity index (χ2v) is 9.95. The van der Waals surface area contributed by atoms with E-state index in [1.54, 1.807) is 48.8 Å². The van der Waals surface area contributed by atoms with Gasteiger partial charge in [0, 0.05) is 30.1 Å². The molecule has 11 heteroatoms. The number of aromatic nitrogens is 2. The minimum atomic E-state index is -0.938. The molecule has 7 N–H and O–H groups in total. The molecule has 1 unspecified atom stereocenters. The largest absolute Gasteiger partial charge is 0.351 e. The monoisotopic (exact) mass is 569 g/mol. The lowest BCUT2D eigenvalue weighted by Crippen LogP contribution is -2.47. The fourth-order valence-corrected chi connectivity index (χ4v) is 4.77. The lowest BCUT2D eigenvalue weighted by Gasteiger charge is -2.22. The normalized spacial score (nSPS) is 12.3. The van der Waals surface area contributed by atoms with Gasteiger partial charge in [0.15, 0.2) is 0 Å². The molecule has 0 saturated carbocycles. The van der Waals surface area contributed by atoms with Crippen molar-refractivity contribution in [3.63, 3.8) is 0 Å². The number of primary amides is 1. The van der Waals surface area contributed by atoms with E-state index in [-0.39, 0.29) is 11.8 Å². The third kappa shape index (κ3) is 7.58. The van der Waals surface area contributed by atoms with Gasteiger partial charge in [-0.1, -0.05) is 55.8 Å². The van der Waals surface area contributed by atoms with Crippen molar-refractivity contribution in [2.75, 3.05) is 0 Å². The van der Waals surface area contributed by atoms with E-state index in [1.807, 2.05) is 38.1 Å². The van der Waals surface area contributed by atoms with E-state index >= 15 is 0 Å². The van der Waals surface area contributed by atoms with Crippen molar-refractivity contribution in [1.29, 1.82) is 0 Å². The van der Waals surface area contributed by atoms with E-state index in [9.17, 15) is 19.2 Å². The summed E-state index contributed by atoms with van der Waals surface area (Å²) in [6.07, 6.45) is 4.63. The number of imide groups is 1. The number of benzene rings is 3. The lowest BCUT2D eigenvalue weighted by atomic mass is 9.96. The number of amides is 5. The summed E-state index contributed by atoms with van der Waals surface area (Å²) in [5.41, 5.74) is 7.67. The van der Waals surface area contributed by atoms with E-state index in [0.29, 0.717) is 42.4 Å². The number of carbonyl (C=O) groups is 4. The number of hydrogen-bond donors (Lipinski definition) is 6. The van der Waals surface area contributed by atoms with E-state index in [1.165, 1.54) is 0 Å². The Morgan fingerprint density at radius 1 is 0.905 bits per heavy atom. The van der Waals surface area contributed by atoms with Crippen LogP contribution < -0.4 is 27.0 Å². The minimum absolute atomic E-state index is 0.294. The summed E-state index contributed by atoms with van der Waals surface area (Å²) >= 11 is 0. The van der Waals surface area contributed by atoms with E-state index in [0.717, 1.165) is 22.3 Å². The number of aromatic amines is 1. The summed E-state index contributed by atoms with van der Waals surface area (Å²) in [5.74, 6) is -0.401. The molecule has 0 bridgehead atoms. The summed E-state index contributed by atoms with van der Waals surface area (Å²) in [6.45, 7) is 5.01. The van der Waals surface area contributed by atoms with Gasteiger partial charge in [-0.05, 0) is 53.4 Å². The molecule has 0 saturated heterocycles. The van der Waals surface area contributed by atoms with Crippen molar-refractivity contribution in [2.24, 2.45) is 5.73 Å². The number of imidazole rings is 1. The second-order valence-electron chi connectivity index (χ2n) is 9.95. The molecule has 0 fully saturated rings. The molecule has 1 heterocycles. The van der Waals surface area contributed by atoms with E-state index in [4.69, 9.17) is 5.73 Å². The maximum absolute atomic E-state index is 13.3. The fourth-order valence-electron chi connectivity index (χ4n) is 4.77. The predicted molar refractivity (Wildman–Crippen MR) is 159 cm³/mol. The Labute approximate surface area is 243 Å². The highest BCUT2D eigenvalue weighted by Crippen LogP contribution is 2.27. The zero-order valence-electron chi connectivity index (χ0n) is 23.6. The van der Waals surface area contributed by atoms with Gasteiger partial charge in [0.1, 0.15) is 11.9 Å². The van der Waals surface area contributed by atoms with Crippen molar-refractivity contribution in [1.82, 2.24) is 31.2 Å². The van der Waals surface area contributed by atoms with Crippen LogP contribution in [0.1, 0.15) is 70.4 Å². The number of carbonyl (C=O) groups excluding carboxylic acids is 4. The number of nitrogens with two attached hydrogens (primary N) is 1. The SMILES string of the molecule is CCC[C@H](NC(=O)c1ccc(CNCc2ncc[nH]2)cc1)C(=O)NC(C)c1cccc2c(C(=O)NC(N)=O)cccc12. The number of fused-ring (bicyclic) bond motifs is 1. The zero-order valence-corrected chi connectivity index (χ0v) is 23.6. The Kier molecular flexibility index (Phi) is 10.0. The van der Waals surface area contributed by atoms with Crippen LogP contribution in [0.2, 0.25) is 0 Å². The van der Waals surface area contributed by atoms with E-state index < -0.39 is 24.0 Å². The van der Waals surface area contributed by atoms with Crippen LogP contribution in [0.15, 0.2) is 73.1 Å². The molecule has 0 aliphatic carbocycles. The number of nitrogens with one attached hydrogen (secondary N) is 5. The number of H-pyrrole nitrogens is 1. The van der Waals surface area contributed by atoms with Gasteiger partial charge in [-0.15, -0.1) is 0 Å². The van der Waals surface area contributed by atoms with Crippen LogP contribution in [0, 0.1) is 0 Å². The highest BCUT2D eigenvalue weighted by atomic mass is 16.2. The molecule has 4 rings (SSSR count). The van der Waals surface area contributed by atoms with Crippen LogP contribution in [0.3, 0.4) is 0 Å². The van der Waals surface area contributed by atoms with Gasteiger partial charge in [-0.2, -0.15) is 0 Å². The molecule has 0 radical (unpaired) electrons. The average Bonchev–Trinajstić information content (AvgIpc) is 3.49. The average molecular weight is 570 g/mol. The molecule has 2 atom stereocenters. The Morgan fingerprint density at radius 3 is 2.33 bits per heavy atom. The molecule has 0 spiro atoms. The summed E-state index contributed by atoms with van der Waals surface area (Å²) in [6, 6.07) is 15.7. The summed E-state index contributed by atoms with van der Waals surface area (Å²) < 4.78 is 0. The van der Waals surface area contributed by atoms with Crippen molar-refractivity contribution < 1.29 is 19.2 Å². The number of nitrogens with zero attached hydrogens (tertiary/aromatic N) is 1. The van der Waals surface area contributed by atoms with Gasteiger partial charge in [0.25, 0.3) is 11.8 Å². The minimum Gasteiger partial charge on any atom is -0.351 e. The Morgan fingerprint density at radius 2 is 1.64 bits per heavy atom. The first-order valence-electron chi connectivity index (χ1n) is 13.8. The van der Waals surface area contributed by atoms with Crippen LogP contribution >= 0.6 is 0 Å². The molecule has 0 aliphatic heterocycles. The Balaban J connectivity index is 1.40. The summed E-state index contributed by atoms with van der Waals surface area (Å²) in [5, 5.41) is 12.6. The number of urea groups is 1. The summed E-state index contributed by atoms with van der Waals surface area (Å²) in [4.78, 5) is 57.3. The van der Waals surface area contributed by atoms with Crippen molar-refractivity contribution in [3.05, 3.63) is 101 Å². The standard InChI is InChI=1S/C31H35N7O4/c1-3-6-26(37-28(39)21-13-11-20(12-14-21)17-33-18-27-34-15-16-35-27)30(41)36-19(2)22-7-4-9-24-23(22)8-5-10-25(24)29(40)38-31(32)42/h4-5,7-16,19,26,33H,3,6,17-18H2,1-2H3,(H,34,35)(H,36,41)(H,37,39)(H3,32,38,40,42)/t19?,26-/m0/s1. The molecular formula is C31H35N7O4. The smallest absolute Gasteiger partial charge is 0.319 e. The first-order valence-corrected chi connectivity index (χ1v) is 13.8. The van der Waals surface area contributed by atoms with Crippen molar-refractivity contribution in [2.45, 2.75) is 51.9 Å². The molecule has 3 aromatic carbocycles. The predicted octanol–water partition coefficient (Wildman–Crippen LogP) is 3.44. The molecule has 42 heavy (non-hydrogen) atoms. The second kappa shape index (κ2) is 14.0. The highest BCUT2D eigenvalue weighted by molar-refractivity contribution is 6.12. The molecule has 4 aromatic rings. The number of rotatable bonds is 12. The van der Waals surface area contributed by atoms with Crippen LogP contribution in [-0.4, -0.2) is 39.8 Å². The van der Waals surface area contributed by atoms with Gasteiger partial charge in [0.05, 0.1) is 12.6 Å². The first-order chi connectivity index (χ1) is 20.3. The maximum Gasteiger partial charge on any atom is 0.319 e. The molecule has 11 nitrogen and oxygen atoms in total.